The van der Waals surface area contributed by atoms with Gasteiger partial charge in [0.2, 0.25) is 21.8 Å². The summed E-state index contributed by atoms with van der Waals surface area (Å²) in [7, 11) is -3.21. The van der Waals surface area contributed by atoms with Crippen LogP contribution < -0.4 is 5.32 Å². The van der Waals surface area contributed by atoms with Crippen LogP contribution in [0.15, 0.2) is 0 Å². The summed E-state index contributed by atoms with van der Waals surface area (Å²) in [6.45, 7) is 6.66. The van der Waals surface area contributed by atoms with E-state index in [0.29, 0.717) is 52.2 Å². The number of nitrogens with one attached hydrogen (secondary N) is 1. The third-order valence-corrected chi connectivity index (χ3v) is 6.15. The van der Waals surface area contributed by atoms with Gasteiger partial charge in [-0.05, 0) is 18.8 Å². The normalized spacial score (nSPS) is 22.0. The highest BCUT2D eigenvalue weighted by molar-refractivity contribution is 7.88. The summed E-state index contributed by atoms with van der Waals surface area (Å²) in [4.78, 5) is 27.0. The zero-order chi connectivity index (χ0) is 18.6. The summed E-state index contributed by atoms with van der Waals surface area (Å²) >= 11 is 0. The van der Waals surface area contributed by atoms with Crippen molar-refractivity contribution in [3.8, 4) is 0 Å². The molecule has 9 heteroatoms. The van der Waals surface area contributed by atoms with E-state index in [4.69, 9.17) is 4.74 Å². The van der Waals surface area contributed by atoms with Gasteiger partial charge in [0.25, 0.3) is 0 Å². The van der Waals surface area contributed by atoms with Crippen molar-refractivity contribution in [1.82, 2.24) is 14.5 Å². The molecule has 0 saturated carbocycles. The molecular weight excluding hydrogens is 346 g/mol. The molecule has 2 saturated heterocycles. The first-order valence-corrected chi connectivity index (χ1v) is 10.7. The largest absolute Gasteiger partial charge is 0.378 e. The van der Waals surface area contributed by atoms with Gasteiger partial charge in [0, 0.05) is 32.1 Å². The maximum atomic E-state index is 12.7. The SMILES string of the molecule is CC(C)[C@@H](NC(=O)C1CCN(S(C)(=O)=O)CC1)C(=O)N1CCOCC1. The van der Waals surface area contributed by atoms with Gasteiger partial charge in [-0.25, -0.2) is 12.7 Å². The Hall–Kier alpha value is -1.19. The van der Waals surface area contributed by atoms with Crippen molar-refractivity contribution in [3.05, 3.63) is 0 Å². The lowest BCUT2D eigenvalue weighted by atomic mass is 9.95. The highest BCUT2D eigenvalue weighted by atomic mass is 32.2. The molecule has 2 aliphatic heterocycles. The lowest BCUT2D eigenvalue weighted by molar-refractivity contribution is -0.142. The molecule has 0 aromatic carbocycles. The summed E-state index contributed by atoms with van der Waals surface area (Å²) in [6, 6.07) is -0.557. The Morgan fingerprint density at radius 3 is 2.12 bits per heavy atom. The van der Waals surface area contributed by atoms with Crippen LogP contribution in [0.5, 0.6) is 0 Å². The van der Waals surface area contributed by atoms with Gasteiger partial charge >= 0.3 is 0 Å². The number of morpholine rings is 1. The van der Waals surface area contributed by atoms with Crippen LogP contribution in [-0.4, -0.2) is 81.1 Å². The van der Waals surface area contributed by atoms with Gasteiger partial charge in [-0.1, -0.05) is 13.8 Å². The third-order valence-electron chi connectivity index (χ3n) is 4.85. The number of amides is 2. The van der Waals surface area contributed by atoms with Crippen LogP contribution >= 0.6 is 0 Å². The van der Waals surface area contributed by atoms with E-state index >= 15 is 0 Å². The highest BCUT2D eigenvalue weighted by Crippen LogP contribution is 2.20. The summed E-state index contributed by atoms with van der Waals surface area (Å²) < 4.78 is 29.8. The average molecular weight is 375 g/mol. The van der Waals surface area contributed by atoms with E-state index in [9.17, 15) is 18.0 Å². The third kappa shape index (κ3) is 5.39. The predicted octanol–water partition coefficient (Wildman–Crippen LogP) is -0.342. The summed E-state index contributed by atoms with van der Waals surface area (Å²) in [5.41, 5.74) is 0. The van der Waals surface area contributed by atoms with Crippen molar-refractivity contribution in [2.75, 3.05) is 45.6 Å². The van der Waals surface area contributed by atoms with Crippen LogP contribution in [0.4, 0.5) is 0 Å². The van der Waals surface area contributed by atoms with Gasteiger partial charge in [0.1, 0.15) is 6.04 Å². The van der Waals surface area contributed by atoms with Crippen LogP contribution in [0.1, 0.15) is 26.7 Å². The predicted molar refractivity (Wildman–Crippen MR) is 93.3 cm³/mol. The van der Waals surface area contributed by atoms with Crippen molar-refractivity contribution < 1.29 is 22.7 Å². The zero-order valence-electron chi connectivity index (χ0n) is 15.2. The second kappa shape index (κ2) is 8.46. The second-order valence-electron chi connectivity index (χ2n) is 7.10. The Morgan fingerprint density at radius 1 is 1.08 bits per heavy atom. The van der Waals surface area contributed by atoms with E-state index in [1.54, 1.807) is 4.90 Å². The molecule has 2 amide bonds. The fraction of sp³-hybridized carbons (Fsp3) is 0.875. The number of ether oxygens (including phenoxy) is 1. The van der Waals surface area contributed by atoms with Gasteiger partial charge < -0.3 is 15.0 Å². The minimum absolute atomic E-state index is 0.0181. The van der Waals surface area contributed by atoms with Gasteiger partial charge in [-0.3, -0.25) is 9.59 Å². The molecule has 0 spiro atoms. The van der Waals surface area contributed by atoms with Crippen LogP contribution in [0.25, 0.3) is 0 Å². The topological polar surface area (TPSA) is 96.0 Å². The van der Waals surface area contributed by atoms with Crippen molar-refractivity contribution in [2.45, 2.75) is 32.7 Å². The molecule has 0 unspecified atom stereocenters. The lowest BCUT2D eigenvalue weighted by Gasteiger charge is -2.34. The summed E-state index contributed by atoms with van der Waals surface area (Å²) in [5.74, 6) is -0.499. The van der Waals surface area contributed by atoms with Crippen LogP contribution in [-0.2, 0) is 24.3 Å². The molecule has 144 valence electrons. The first kappa shape index (κ1) is 20.1. The number of piperidine rings is 1. The molecule has 1 atom stereocenters. The molecular formula is C16H29N3O5S. The Morgan fingerprint density at radius 2 is 1.64 bits per heavy atom. The minimum atomic E-state index is -3.21. The van der Waals surface area contributed by atoms with E-state index in [1.807, 2.05) is 13.8 Å². The first-order chi connectivity index (χ1) is 11.7. The van der Waals surface area contributed by atoms with Crippen LogP contribution in [0.3, 0.4) is 0 Å². The number of hydrogen-bond acceptors (Lipinski definition) is 5. The molecule has 8 nitrogen and oxygen atoms in total. The van der Waals surface area contributed by atoms with Gasteiger partial charge in [-0.2, -0.15) is 0 Å². The summed E-state index contributed by atoms with van der Waals surface area (Å²) in [6.07, 6.45) is 2.15. The number of rotatable bonds is 5. The van der Waals surface area contributed by atoms with E-state index < -0.39 is 16.1 Å². The lowest BCUT2D eigenvalue weighted by Crippen LogP contribution is -2.55. The number of nitrogens with zero attached hydrogens (tertiary/aromatic N) is 2. The Bertz CT molecular complexity index is 579. The molecule has 0 aromatic rings. The number of sulfonamides is 1. The van der Waals surface area contributed by atoms with E-state index in [0.717, 1.165) is 0 Å². The van der Waals surface area contributed by atoms with E-state index in [1.165, 1.54) is 10.6 Å². The molecule has 2 heterocycles. The molecule has 1 N–H and O–H groups in total. The molecule has 0 aliphatic carbocycles. The highest BCUT2D eigenvalue weighted by Gasteiger charge is 2.34. The maximum absolute atomic E-state index is 12.7. The Labute approximate surface area is 149 Å². The quantitative estimate of drug-likeness (QED) is 0.709. The van der Waals surface area contributed by atoms with Crippen LogP contribution in [0, 0.1) is 11.8 Å². The Balaban J connectivity index is 1.93. The molecule has 0 radical (unpaired) electrons. The molecule has 25 heavy (non-hydrogen) atoms. The van der Waals surface area contributed by atoms with Crippen LogP contribution in [0.2, 0.25) is 0 Å². The fourth-order valence-electron chi connectivity index (χ4n) is 3.21. The molecule has 2 rings (SSSR count). The fourth-order valence-corrected chi connectivity index (χ4v) is 4.09. The molecule has 2 aliphatic rings. The molecule has 0 aromatic heterocycles. The number of hydrogen-bond donors (Lipinski definition) is 1. The monoisotopic (exact) mass is 375 g/mol. The van der Waals surface area contributed by atoms with Crippen molar-refractivity contribution >= 4 is 21.8 Å². The van der Waals surface area contributed by atoms with Crippen molar-refractivity contribution in [2.24, 2.45) is 11.8 Å². The van der Waals surface area contributed by atoms with Gasteiger partial charge in [-0.15, -0.1) is 0 Å². The van der Waals surface area contributed by atoms with Crippen molar-refractivity contribution in [3.63, 3.8) is 0 Å². The van der Waals surface area contributed by atoms with E-state index in [2.05, 4.69) is 5.32 Å². The summed E-state index contributed by atoms with van der Waals surface area (Å²) in [5, 5.41) is 2.90. The van der Waals surface area contributed by atoms with E-state index in [-0.39, 0.29) is 23.7 Å². The maximum Gasteiger partial charge on any atom is 0.245 e. The number of carbonyl (C=O) groups is 2. The standard InChI is InChI=1S/C16H29N3O5S/c1-12(2)14(16(21)18-8-10-24-11-9-18)17-15(20)13-4-6-19(7-5-13)25(3,22)23/h12-14H,4-11H2,1-3H3,(H,17,20)/t14-/m1/s1. The molecule has 2 fully saturated rings. The van der Waals surface area contributed by atoms with Gasteiger partial charge in [0.15, 0.2) is 0 Å². The molecule has 0 bridgehead atoms. The number of carbonyl (C=O) groups excluding carboxylic acids is 2. The first-order valence-electron chi connectivity index (χ1n) is 8.82. The van der Waals surface area contributed by atoms with Crippen molar-refractivity contribution in [1.29, 1.82) is 0 Å². The average Bonchev–Trinajstić information content (AvgIpc) is 2.58. The smallest absolute Gasteiger partial charge is 0.245 e. The second-order valence-corrected chi connectivity index (χ2v) is 9.09. The zero-order valence-corrected chi connectivity index (χ0v) is 16.0. The van der Waals surface area contributed by atoms with Gasteiger partial charge in [0.05, 0.1) is 19.5 Å². The minimum Gasteiger partial charge on any atom is -0.378 e. The Kier molecular flexibility index (Phi) is 6.81.